The van der Waals surface area contributed by atoms with Gasteiger partial charge in [-0.25, -0.2) is 0 Å². The van der Waals surface area contributed by atoms with Crippen molar-refractivity contribution >= 4 is 11.6 Å². The maximum atomic E-state index is 9.51. The van der Waals surface area contributed by atoms with E-state index in [1.165, 1.54) is 0 Å². The Bertz CT molecular complexity index is 720. The van der Waals surface area contributed by atoms with E-state index in [0.29, 0.717) is 23.7 Å². The van der Waals surface area contributed by atoms with Crippen molar-refractivity contribution in [2.24, 2.45) is 0 Å². The second-order valence-electron chi connectivity index (χ2n) is 5.19. The quantitative estimate of drug-likeness (QED) is 0.554. The smallest absolute Gasteiger partial charge is 0.123 e. The molecule has 0 radical (unpaired) electrons. The fourth-order valence-corrected chi connectivity index (χ4v) is 2.19. The van der Waals surface area contributed by atoms with E-state index in [4.69, 9.17) is 14.2 Å². The molecule has 0 aromatic heterocycles. The molecule has 0 spiro atoms. The summed E-state index contributed by atoms with van der Waals surface area (Å²) in [5, 5.41) is 9.51. The van der Waals surface area contributed by atoms with Gasteiger partial charge in [-0.15, -0.1) is 0 Å². The molecule has 4 nitrogen and oxygen atoms in total. The van der Waals surface area contributed by atoms with Crippen molar-refractivity contribution < 1.29 is 14.2 Å². The third kappa shape index (κ3) is 4.53. The molecular formula is C20H21NO3. The van der Waals surface area contributed by atoms with Gasteiger partial charge in [-0.3, -0.25) is 0 Å². The molecule has 0 amide bonds. The summed E-state index contributed by atoms with van der Waals surface area (Å²) in [5.41, 5.74) is 2.21. The molecule has 0 N–H and O–H groups in total. The summed E-state index contributed by atoms with van der Waals surface area (Å²) in [4.78, 5) is 0. The largest absolute Gasteiger partial charge is 0.497 e. The standard InChI is InChI=1S/C20H21NO3/c1-4-9-24-18-7-5-15(6-8-18)10-17(14-21)16-11-19(22-2)13-20(12-16)23-3/h5-8,10-13H,4,9H2,1-3H3/b17-10+. The highest BCUT2D eigenvalue weighted by Crippen LogP contribution is 2.28. The highest BCUT2D eigenvalue weighted by atomic mass is 16.5. The monoisotopic (exact) mass is 323 g/mol. The van der Waals surface area contributed by atoms with E-state index in [1.54, 1.807) is 20.3 Å². The summed E-state index contributed by atoms with van der Waals surface area (Å²) in [7, 11) is 3.17. The number of rotatable bonds is 7. The lowest BCUT2D eigenvalue weighted by Crippen LogP contribution is -1.94. The molecule has 0 aliphatic rings. The second-order valence-corrected chi connectivity index (χ2v) is 5.19. The van der Waals surface area contributed by atoms with Crippen LogP contribution in [0.2, 0.25) is 0 Å². The maximum Gasteiger partial charge on any atom is 0.123 e. The van der Waals surface area contributed by atoms with Gasteiger partial charge in [-0.1, -0.05) is 19.1 Å². The second kappa shape index (κ2) is 8.64. The van der Waals surface area contributed by atoms with Crippen LogP contribution in [-0.2, 0) is 0 Å². The van der Waals surface area contributed by atoms with Crippen molar-refractivity contribution in [3.63, 3.8) is 0 Å². The number of nitrogens with zero attached hydrogens (tertiary/aromatic N) is 1. The Morgan fingerprint density at radius 3 is 2.12 bits per heavy atom. The molecule has 124 valence electrons. The summed E-state index contributed by atoms with van der Waals surface area (Å²) in [5.74, 6) is 2.12. The maximum absolute atomic E-state index is 9.51. The van der Waals surface area contributed by atoms with Gasteiger partial charge in [0.2, 0.25) is 0 Å². The van der Waals surface area contributed by atoms with Gasteiger partial charge in [-0.05, 0) is 47.9 Å². The molecule has 0 saturated heterocycles. The molecule has 0 atom stereocenters. The lowest BCUT2D eigenvalue weighted by molar-refractivity contribution is 0.317. The molecule has 24 heavy (non-hydrogen) atoms. The van der Waals surface area contributed by atoms with E-state index in [1.807, 2.05) is 42.5 Å². The van der Waals surface area contributed by atoms with Gasteiger partial charge in [0, 0.05) is 6.07 Å². The molecule has 2 aromatic carbocycles. The molecule has 2 rings (SSSR count). The summed E-state index contributed by atoms with van der Waals surface area (Å²) in [6.45, 7) is 2.76. The van der Waals surface area contributed by atoms with Crippen molar-refractivity contribution in [2.45, 2.75) is 13.3 Å². The SMILES string of the molecule is CCCOc1ccc(/C=C(\C#N)c2cc(OC)cc(OC)c2)cc1. The first-order valence-electron chi connectivity index (χ1n) is 7.78. The zero-order valence-electron chi connectivity index (χ0n) is 14.2. The lowest BCUT2D eigenvalue weighted by Gasteiger charge is -2.08. The predicted octanol–water partition coefficient (Wildman–Crippen LogP) is 4.56. The van der Waals surface area contributed by atoms with Crippen LogP contribution in [-0.4, -0.2) is 20.8 Å². The minimum atomic E-state index is 0.537. The van der Waals surface area contributed by atoms with Gasteiger partial charge < -0.3 is 14.2 Å². The topological polar surface area (TPSA) is 51.5 Å². The molecule has 0 bridgehead atoms. The highest BCUT2D eigenvalue weighted by molar-refractivity contribution is 5.90. The van der Waals surface area contributed by atoms with Crippen LogP contribution < -0.4 is 14.2 Å². The Hall–Kier alpha value is -2.93. The van der Waals surface area contributed by atoms with Crippen molar-refractivity contribution in [1.82, 2.24) is 0 Å². The van der Waals surface area contributed by atoms with Crippen molar-refractivity contribution in [2.75, 3.05) is 20.8 Å². The Labute approximate surface area is 142 Å². The van der Waals surface area contributed by atoms with E-state index < -0.39 is 0 Å². The van der Waals surface area contributed by atoms with Gasteiger partial charge in [0.15, 0.2) is 0 Å². The molecule has 0 fully saturated rings. The Morgan fingerprint density at radius 1 is 1.00 bits per heavy atom. The summed E-state index contributed by atoms with van der Waals surface area (Å²) >= 11 is 0. The number of ether oxygens (including phenoxy) is 3. The lowest BCUT2D eigenvalue weighted by atomic mass is 10.0. The fourth-order valence-electron chi connectivity index (χ4n) is 2.19. The average Bonchev–Trinajstić information content (AvgIpc) is 2.64. The highest BCUT2D eigenvalue weighted by Gasteiger charge is 2.07. The van der Waals surface area contributed by atoms with Crippen LogP contribution in [0.15, 0.2) is 42.5 Å². The summed E-state index contributed by atoms with van der Waals surface area (Å²) in [6.07, 6.45) is 2.80. The number of methoxy groups -OCH3 is 2. The average molecular weight is 323 g/mol. The summed E-state index contributed by atoms with van der Waals surface area (Å²) in [6, 6.07) is 15.3. The zero-order chi connectivity index (χ0) is 17.4. The van der Waals surface area contributed by atoms with Gasteiger partial charge in [0.1, 0.15) is 17.2 Å². The minimum Gasteiger partial charge on any atom is -0.497 e. The molecule has 0 saturated carbocycles. The normalized spacial score (nSPS) is 10.8. The first-order chi connectivity index (χ1) is 11.7. The van der Waals surface area contributed by atoms with Crippen LogP contribution in [0.3, 0.4) is 0 Å². The van der Waals surface area contributed by atoms with Crippen LogP contribution in [0, 0.1) is 11.3 Å². The molecule has 0 unspecified atom stereocenters. The van der Waals surface area contributed by atoms with Gasteiger partial charge in [0.05, 0.1) is 32.5 Å². The Morgan fingerprint density at radius 2 is 1.62 bits per heavy atom. The van der Waals surface area contributed by atoms with Crippen molar-refractivity contribution in [3.05, 3.63) is 53.6 Å². The predicted molar refractivity (Wildman–Crippen MR) is 95.3 cm³/mol. The third-order valence-electron chi connectivity index (χ3n) is 3.45. The van der Waals surface area contributed by atoms with E-state index in [0.717, 1.165) is 23.3 Å². The van der Waals surface area contributed by atoms with Crippen molar-refractivity contribution in [3.8, 4) is 23.3 Å². The van der Waals surface area contributed by atoms with Crippen LogP contribution in [0.1, 0.15) is 24.5 Å². The first-order valence-corrected chi connectivity index (χ1v) is 7.78. The number of hydrogen-bond donors (Lipinski definition) is 0. The Kier molecular flexibility index (Phi) is 6.27. The summed E-state index contributed by atoms with van der Waals surface area (Å²) < 4.78 is 16.1. The van der Waals surface area contributed by atoms with E-state index in [-0.39, 0.29) is 0 Å². The van der Waals surface area contributed by atoms with Crippen LogP contribution in [0.5, 0.6) is 17.2 Å². The van der Waals surface area contributed by atoms with E-state index in [2.05, 4.69) is 13.0 Å². The van der Waals surface area contributed by atoms with Gasteiger partial charge in [0.25, 0.3) is 0 Å². The molecule has 0 aliphatic carbocycles. The number of nitriles is 1. The molecule has 0 aliphatic heterocycles. The van der Waals surface area contributed by atoms with Crippen LogP contribution in [0.25, 0.3) is 11.6 Å². The first kappa shape index (κ1) is 17.4. The van der Waals surface area contributed by atoms with Crippen LogP contribution >= 0.6 is 0 Å². The number of hydrogen-bond acceptors (Lipinski definition) is 4. The number of allylic oxidation sites excluding steroid dienone is 1. The number of benzene rings is 2. The Balaban J connectivity index is 2.31. The van der Waals surface area contributed by atoms with Crippen molar-refractivity contribution in [1.29, 1.82) is 5.26 Å². The fraction of sp³-hybridized carbons (Fsp3) is 0.250. The molecular weight excluding hydrogens is 302 g/mol. The van der Waals surface area contributed by atoms with E-state index in [9.17, 15) is 5.26 Å². The molecule has 0 heterocycles. The minimum absolute atomic E-state index is 0.537. The zero-order valence-corrected chi connectivity index (χ0v) is 14.2. The third-order valence-corrected chi connectivity index (χ3v) is 3.45. The van der Waals surface area contributed by atoms with E-state index >= 15 is 0 Å². The molecule has 2 aromatic rings. The molecule has 4 heteroatoms. The van der Waals surface area contributed by atoms with Crippen LogP contribution in [0.4, 0.5) is 0 Å². The van der Waals surface area contributed by atoms with Gasteiger partial charge in [-0.2, -0.15) is 5.26 Å². The van der Waals surface area contributed by atoms with Gasteiger partial charge >= 0.3 is 0 Å².